The summed E-state index contributed by atoms with van der Waals surface area (Å²) in [4.78, 5) is 0. The summed E-state index contributed by atoms with van der Waals surface area (Å²) in [7, 11) is 0. The van der Waals surface area contributed by atoms with Crippen molar-refractivity contribution < 1.29 is 14.6 Å². The molecule has 0 aromatic heterocycles. The topological polar surface area (TPSA) is 38.7 Å². The first-order valence-corrected chi connectivity index (χ1v) is 10.0. The largest absolute Gasteiger partial charge is 0.386 e. The molecule has 1 unspecified atom stereocenters. The highest BCUT2D eigenvalue weighted by Gasteiger charge is 2.34. The third-order valence-electron chi connectivity index (χ3n) is 5.26. The smallest absolute Gasteiger partial charge is 0.163 e. The first kappa shape index (κ1) is 19.4. The Morgan fingerprint density at radius 2 is 1.86 bits per heavy atom. The molecule has 3 aromatic rings. The molecule has 1 fully saturated rings. The number of fused-ring (bicyclic) bond motifs is 1. The summed E-state index contributed by atoms with van der Waals surface area (Å²) in [5.41, 5.74) is 3.01. The van der Waals surface area contributed by atoms with Gasteiger partial charge in [-0.1, -0.05) is 66.2 Å². The third-order valence-corrected chi connectivity index (χ3v) is 5.63. The highest BCUT2D eigenvalue weighted by molar-refractivity contribution is 6.31. The number of aliphatic hydroxyl groups is 1. The quantitative estimate of drug-likeness (QED) is 0.618. The van der Waals surface area contributed by atoms with E-state index in [-0.39, 0.29) is 6.10 Å². The lowest BCUT2D eigenvalue weighted by Gasteiger charge is -2.38. The van der Waals surface area contributed by atoms with E-state index in [0.29, 0.717) is 24.5 Å². The van der Waals surface area contributed by atoms with E-state index in [1.807, 2.05) is 44.2 Å². The Labute approximate surface area is 170 Å². The molecule has 4 heteroatoms. The summed E-state index contributed by atoms with van der Waals surface area (Å²) < 4.78 is 11.5. The zero-order valence-corrected chi connectivity index (χ0v) is 16.9. The van der Waals surface area contributed by atoms with Crippen molar-refractivity contribution in [1.82, 2.24) is 0 Å². The van der Waals surface area contributed by atoms with Gasteiger partial charge in [-0.25, -0.2) is 0 Å². The Hall–Kier alpha value is -1.91. The fourth-order valence-electron chi connectivity index (χ4n) is 3.80. The van der Waals surface area contributed by atoms with Gasteiger partial charge in [-0.3, -0.25) is 0 Å². The normalized spacial score (nSPS) is 20.2. The van der Waals surface area contributed by atoms with Crippen LogP contribution in [-0.4, -0.2) is 23.6 Å². The highest BCUT2D eigenvalue weighted by atomic mass is 35.5. The van der Waals surface area contributed by atoms with Crippen LogP contribution in [-0.2, 0) is 15.9 Å². The van der Waals surface area contributed by atoms with Crippen LogP contribution < -0.4 is 0 Å². The Kier molecular flexibility index (Phi) is 5.44. The van der Waals surface area contributed by atoms with Crippen molar-refractivity contribution in [2.45, 2.75) is 44.7 Å². The van der Waals surface area contributed by atoms with Gasteiger partial charge in [-0.2, -0.15) is 0 Å². The maximum Gasteiger partial charge on any atom is 0.163 e. The van der Waals surface area contributed by atoms with Gasteiger partial charge in [-0.05, 0) is 53.8 Å². The molecule has 1 heterocycles. The molecule has 0 aliphatic carbocycles. The first-order valence-electron chi connectivity index (χ1n) is 9.67. The lowest BCUT2D eigenvalue weighted by Crippen LogP contribution is -2.42. The molecule has 28 heavy (non-hydrogen) atoms. The van der Waals surface area contributed by atoms with E-state index >= 15 is 0 Å². The van der Waals surface area contributed by atoms with Crippen molar-refractivity contribution in [3.05, 3.63) is 82.4 Å². The molecule has 0 saturated carbocycles. The predicted molar refractivity (Wildman–Crippen MR) is 113 cm³/mol. The van der Waals surface area contributed by atoms with E-state index < -0.39 is 11.9 Å². The van der Waals surface area contributed by atoms with Crippen molar-refractivity contribution in [3.8, 4) is 0 Å². The highest BCUT2D eigenvalue weighted by Crippen LogP contribution is 2.32. The first-order chi connectivity index (χ1) is 13.4. The molecule has 4 rings (SSSR count). The summed E-state index contributed by atoms with van der Waals surface area (Å²) in [5.74, 6) is -0.676. The van der Waals surface area contributed by atoms with Crippen LogP contribution in [0, 0.1) is 0 Å². The molecule has 0 amide bonds. The van der Waals surface area contributed by atoms with Gasteiger partial charge in [0.05, 0.1) is 12.7 Å². The van der Waals surface area contributed by atoms with Crippen LogP contribution in [0.15, 0.2) is 60.7 Å². The number of hydrogen-bond acceptors (Lipinski definition) is 3. The maximum absolute atomic E-state index is 10.9. The number of benzene rings is 3. The van der Waals surface area contributed by atoms with E-state index in [0.717, 1.165) is 11.1 Å². The third kappa shape index (κ3) is 4.23. The Balaban J connectivity index is 1.57. The number of hydrogen-bond donors (Lipinski definition) is 1. The zero-order valence-electron chi connectivity index (χ0n) is 16.2. The Bertz CT molecular complexity index is 983. The second-order valence-electron chi connectivity index (χ2n) is 7.85. The van der Waals surface area contributed by atoms with Crippen molar-refractivity contribution >= 4 is 22.4 Å². The van der Waals surface area contributed by atoms with Gasteiger partial charge >= 0.3 is 0 Å². The van der Waals surface area contributed by atoms with Crippen molar-refractivity contribution in [2.75, 3.05) is 6.61 Å². The van der Waals surface area contributed by atoms with Crippen LogP contribution in [0.25, 0.3) is 10.8 Å². The van der Waals surface area contributed by atoms with E-state index in [4.69, 9.17) is 21.1 Å². The van der Waals surface area contributed by atoms with E-state index in [9.17, 15) is 5.11 Å². The zero-order chi connectivity index (χ0) is 19.7. The van der Waals surface area contributed by atoms with Crippen LogP contribution in [0.2, 0.25) is 5.02 Å². The molecule has 0 bridgehead atoms. The lowest BCUT2D eigenvalue weighted by molar-refractivity contribution is -0.289. The predicted octanol–water partition coefficient (Wildman–Crippen LogP) is 5.66. The molecule has 3 nitrogen and oxygen atoms in total. The molecule has 0 spiro atoms. The van der Waals surface area contributed by atoms with Crippen molar-refractivity contribution in [1.29, 1.82) is 0 Å². The summed E-state index contributed by atoms with van der Waals surface area (Å²) in [6, 6.07) is 20.5. The Morgan fingerprint density at radius 1 is 1.07 bits per heavy atom. The average molecular weight is 397 g/mol. The van der Waals surface area contributed by atoms with Gasteiger partial charge in [0.2, 0.25) is 0 Å². The van der Waals surface area contributed by atoms with Crippen LogP contribution in [0.1, 0.15) is 43.1 Å². The maximum atomic E-state index is 10.9. The van der Waals surface area contributed by atoms with E-state index in [1.54, 1.807) is 0 Å². The van der Waals surface area contributed by atoms with Gasteiger partial charge in [0.25, 0.3) is 0 Å². The minimum absolute atomic E-state index is 0.293. The van der Waals surface area contributed by atoms with Crippen LogP contribution >= 0.6 is 11.6 Å². The molecule has 0 radical (unpaired) electrons. The monoisotopic (exact) mass is 396 g/mol. The van der Waals surface area contributed by atoms with Crippen LogP contribution in [0.4, 0.5) is 0 Å². The molecule has 3 aromatic carbocycles. The summed E-state index contributed by atoms with van der Waals surface area (Å²) >= 11 is 6.47. The fraction of sp³-hybridized carbons (Fsp3) is 0.333. The van der Waals surface area contributed by atoms with E-state index in [1.165, 1.54) is 16.3 Å². The van der Waals surface area contributed by atoms with Gasteiger partial charge < -0.3 is 14.6 Å². The minimum Gasteiger partial charge on any atom is -0.386 e. The molecule has 2 atom stereocenters. The molecule has 146 valence electrons. The molecule has 1 saturated heterocycles. The minimum atomic E-state index is -0.712. The van der Waals surface area contributed by atoms with Gasteiger partial charge in [0.1, 0.15) is 6.10 Å². The van der Waals surface area contributed by atoms with Crippen molar-refractivity contribution in [2.24, 2.45) is 0 Å². The SMILES string of the molecule is CC1(C)OCC[C@H](C(O)c2ccc(Cl)c(Cc3ccc4ccccc4c3)c2)O1. The molecule has 1 N–H and O–H groups in total. The van der Waals surface area contributed by atoms with E-state index in [2.05, 4.69) is 30.3 Å². The number of aliphatic hydroxyl groups excluding tert-OH is 1. The number of rotatable bonds is 4. The summed E-state index contributed by atoms with van der Waals surface area (Å²) in [5, 5.41) is 14.0. The van der Waals surface area contributed by atoms with Gasteiger partial charge in [-0.15, -0.1) is 0 Å². The lowest BCUT2D eigenvalue weighted by atomic mass is 9.96. The summed E-state index contributed by atoms with van der Waals surface area (Å²) in [6.45, 7) is 4.32. The number of ether oxygens (including phenoxy) is 2. The fourth-order valence-corrected chi connectivity index (χ4v) is 3.98. The van der Waals surface area contributed by atoms with Crippen LogP contribution in [0.3, 0.4) is 0 Å². The van der Waals surface area contributed by atoms with Gasteiger partial charge in [0, 0.05) is 11.4 Å². The molecular weight excluding hydrogens is 372 g/mol. The summed E-state index contributed by atoms with van der Waals surface area (Å²) in [6.07, 6.45) is 0.367. The number of halogens is 1. The second-order valence-corrected chi connectivity index (χ2v) is 8.25. The van der Waals surface area contributed by atoms with Gasteiger partial charge in [0.15, 0.2) is 5.79 Å². The second kappa shape index (κ2) is 7.84. The molecule has 1 aliphatic heterocycles. The Morgan fingerprint density at radius 3 is 2.64 bits per heavy atom. The molecular formula is C24H25ClO3. The average Bonchev–Trinajstić information content (AvgIpc) is 2.68. The standard InChI is InChI=1S/C24H25ClO3/c1-24(2)27-12-11-22(28-24)23(26)19-9-10-21(25)20(15-19)14-16-7-8-17-5-3-4-6-18(17)13-16/h3-10,13,15,22-23,26H,11-12,14H2,1-2H3/t22-,23?/m1/s1. The van der Waals surface area contributed by atoms with Crippen LogP contribution in [0.5, 0.6) is 0 Å². The molecule has 1 aliphatic rings. The van der Waals surface area contributed by atoms with Crippen molar-refractivity contribution in [3.63, 3.8) is 0 Å².